The van der Waals surface area contributed by atoms with Crippen molar-refractivity contribution >= 4 is 29.1 Å². The zero-order chi connectivity index (χ0) is 11.4. The van der Waals surface area contributed by atoms with Gasteiger partial charge in [-0.1, -0.05) is 42.5 Å². The molecular weight excluding hydrogens is 234 g/mol. The predicted octanol–water partition coefficient (Wildman–Crippen LogP) is 3.82. The molecule has 1 N–H and O–H groups in total. The summed E-state index contributed by atoms with van der Waals surface area (Å²) in [6.45, 7) is 2.46. The van der Waals surface area contributed by atoms with Crippen molar-refractivity contribution in [1.82, 2.24) is 0 Å². The number of fused-ring (bicyclic) bond motifs is 1. The fourth-order valence-corrected chi connectivity index (χ4v) is 1.84. The van der Waals surface area contributed by atoms with E-state index < -0.39 is 0 Å². The van der Waals surface area contributed by atoms with E-state index in [0.717, 1.165) is 5.56 Å². The smallest absolute Gasteiger partial charge is 0.184 e. The van der Waals surface area contributed by atoms with Crippen LogP contribution in [0.5, 0.6) is 0 Å². The number of ether oxygens (including phenoxy) is 1. The molecule has 0 aliphatic heterocycles. The van der Waals surface area contributed by atoms with E-state index in [9.17, 15) is 0 Å². The number of hydrogen-bond donors (Lipinski definition) is 1. The van der Waals surface area contributed by atoms with E-state index in [0.29, 0.717) is 18.9 Å². The molecule has 0 heterocycles. The standard InChI is InChI=1S/C14H15NO.ClH/c1-2-16-14(15)10-12-8-5-7-11-6-3-4-9-13(11)12;/h3-9,15H,2,10H2,1H3;1H. The van der Waals surface area contributed by atoms with Gasteiger partial charge < -0.3 is 4.74 Å². The number of halogens is 1. The van der Waals surface area contributed by atoms with Gasteiger partial charge in [0.25, 0.3) is 0 Å². The fourth-order valence-electron chi connectivity index (χ4n) is 1.84. The Hall–Kier alpha value is -1.54. The highest BCUT2D eigenvalue weighted by atomic mass is 35.5. The van der Waals surface area contributed by atoms with Gasteiger partial charge in [0.15, 0.2) is 5.90 Å². The van der Waals surface area contributed by atoms with E-state index in [-0.39, 0.29) is 12.4 Å². The van der Waals surface area contributed by atoms with Crippen molar-refractivity contribution in [2.24, 2.45) is 0 Å². The molecule has 2 aromatic carbocycles. The maximum Gasteiger partial charge on any atom is 0.184 e. The first-order chi connectivity index (χ1) is 7.81. The largest absolute Gasteiger partial charge is 0.481 e. The molecule has 3 heteroatoms. The molecule has 17 heavy (non-hydrogen) atoms. The summed E-state index contributed by atoms with van der Waals surface area (Å²) in [6.07, 6.45) is 0.565. The van der Waals surface area contributed by atoms with E-state index in [4.69, 9.17) is 10.1 Å². The highest BCUT2D eigenvalue weighted by Crippen LogP contribution is 2.19. The molecule has 90 valence electrons. The van der Waals surface area contributed by atoms with Crippen LogP contribution in [-0.2, 0) is 11.2 Å². The Morgan fingerprint density at radius 3 is 2.59 bits per heavy atom. The first kappa shape index (κ1) is 13.5. The molecule has 2 rings (SSSR count). The molecule has 2 aromatic rings. The van der Waals surface area contributed by atoms with Crippen LogP contribution in [0.4, 0.5) is 0 Å². The molecule has 0 fully saturated rings. The summed E-state index contributed by atoms with van der Waals surface area (Å²) in [6, 6.07) is 14.4. The lowest BCUT2D eigenvalue weighted by Crippen LogP contribution is -2.06. The van der Waals surface area contributed by atoms with Crippen LogP contribution in [0, 0.1) is 5.41 Å². The topological polar surface area (TPSA) is 33.1 Å². The van der Waals surface area contributed by atoms with Crippen LogP contribution in [0.1, 0.15) is 12.5 Å². The van der Waals surface area contributed by atoms with Gasteiger partial charge in [0.1, 0.15) is 0 Å². The van der Waals surface area contributed by atoms with Crippen LogP contribution in [0.2, 0.25) is 0 Å². The quantitative estimate of drug-likeness (QED) is 0.651. The molecule has 0 spiro atoms. The summed E-state index contributed by atoms with van der Waals surface area (Å²) in [7, 11) is 0. The molecule has 0 amide bonds. The predicted molar refractivity (Wildman–Crippen MR) is 74.3 cm³/mol. The third-order valence-electron chi connectivity index (χ3n) is 2.55. The first-order valence-corrected chi connectivity index (χ1v) is 5.48. The zero-order valence-corrected chi connectivity index (χ0v) is 10.6. The molecule has 0 bridgehead atoms. The number of hydrogen-bond acceptors (Lipinski definition) is 2. The summed E-state index contributed by atoms with van der Waals surface area (Å²) < 4.78 is 5.18. The molecule has 2 nitrogen and oxygen atoms in total. The van der Waals surface area contributed by atoms with E-state index in [1.165, 1.54) is 10.8 Å². The summed E-state index contributed by atoms with van der Waals surface area (Å²) in [5.74, 6) is 0.332. The van der Waals surface area contributed by atoms with Gasteiger partial charge in [-0.15, -0.1) is 12.4 Å². The lowest BCUT2D eigenvalue weighted by molar-refractivity contribution is 0.317. The minimum Gasteiger partial charge on any atom is -0.481 e. The number of benzene rings is 2. The summed E-state index contributed by atoms with van der Waals surface area (Å²) in [4.78, 5) is 0. The molecule has 0 saturated carbocycles. The Morgan fingerprint density at radius 2 is 1.82 bits per heavy atom. The second kappa shape index (κ2) is 6.26. The van der Waals surface area contributed by atoms with Crippen molar-refractivity contribution in [3.05, 3.63) is 48.0 Å². The maximum atomic E-state index is 7.68. The van der Waals surface area contributed by atoms with Crippen molar-refractivity contribution in [2.45, 2.75) is 13.3 Å². The first-order valence-electron chi connectivity index (χ1n) is 5.48. The Bertz CT molecular complexity index is 505. The summed E-state index contributed by atoms with van der Waals surface area (Å²) in [5, 5.41) is 10.1. The van der Waals surface area contributed by atoms with Crippen LogP contribution < -0.4 is 0 Å². The van der Waals surface area contributed by atoms with Crippen LogP contribution in [0.3, 0.4) is 0 Å². The van der Waals surface area contributed by atoms with Gasteiger partial charge in [-0.25, -0.2) is 0 Å². The van der Waals surface area contributed by atoms with Gasteiger partial charge in [0.05, 0.1) is 6.61 Å². The molecule has 0 unspecified atom stereocenters. The highest BCUT2D eigenvalue weighted by Gasteiger charge is 2.03. The van der Waals surface area contributed by atoms with Gasteiger partial charge in [0.2, 0.25) is 0 Å². The van der Waals surface area contributed by atoms with Crippen LogP contribution >= 0.6 is 12.4 Å². The molecule has 0 aliphatic rings. The molecule has 0 aromatic heterocycles. The normalized spacial score (nSPS) is 9.71. The Labute approximate surface area is 108 Å². The van der Waals surface area contributed by atoms with E-state index in [2.05, 4.69) is 24.3 Å². The van der Waals surface area contributed by atoms with Crippen LogP contribution in [-0.4, -0.2) is 12.5 Å². The molecule has 0 atom stereocenters. The summed E-state index contributed by atoms with van der Waals surface area (Å²) >= 11 is 0. The Kier molecular flexibility index (Phi) is 4.98. The van der Waals surface area contributed by atoms with Crippen molar-refractivity contribution in [3.8, 4) is 0 Å². The van der Waals surface area contributed by atoms with E-state index in [1.54, 1.807) is 0 Å². The highest BCUT2D eigenvalue weighted by molar-refractivity contribution is 5.89. The molecular formula is C14H16ClNO. The lowest BCUT2D eigenvalue weighted by atomic mass is 10.0. The lowest BCUT2D eigenvalue weighted by Gasteiger charge is -2.07. The molecule has 0 radical (unpaired) electrons. The van der Waals surface area contributed by atoms with Gasteiger partial charge in [-0.3, -0.25) is 5.41 Å². The fraction of sp³-hybridized carbons (Fsp3) is 0.214. The Morgan fingerprint density at radius 1 is 1.12 bits per heavy atom. The van der Waals surface area contributed by atoms with Crippen LogP contribution in [0.25, 0.3) is 10.8 Å². The second-order valence-electron chi connectivity index (χ2n) is 3.67. The van der Waals surface area contributed by atoms with Crippen molar-refractivity contribution < 1.29 is 4.74 Å². The minimum absolute atomic E-state index is 0. The monoisotopic (exact) mass is 249 g/mol. The Balaban J connectivity index is 0.00000144. The van der Waals surface area contributed by atoms with Gasteiger partial charge >= 0.3 is 0 Å². The number of rotatable bonds is 3. The van der Waals surface area contributed by atoms with E-state index >= 15 is 0 Å². The number of nitrogens with one attached hydrogen (secondary N) is 1. The average Bonchev–Trinajstić information content (AvgIpc) is 2.30. The SMILES string of the molecule is CCOC(=N)Cc1cccc2ccccc12.Cl. The van der Waals surface area contributed by atoms with Gasteiger partial charge in [-0.2, -0.15) is 0 Å². The van der Waals surface area contributed by atoms with Crippen molar-refractivity contribution in [2.75, 3.05) is 6.61 Å². The van der Waals surface area contributed by atoms with E-state index in [1.807, 2.05) is 25.1 Å². The van der Waals surface area contributed by atoms with Crippen LogP contribution in [0.15, 0.2) is 42.5 Å². The van der Waals surface area contributed by atoms with Gasteiger partial charge in [-0.05, 0) is 23.3 Å². The zero-order valence-electron chi connectivity index (χ0n) is 9.77. The van der Waals surface area contributed by atoms with Crippen molar-refractivity contribution in [3.63, 3.8) is 0 Å². The second-order valence-corrected chi connectivity index (χ2v) is 3.67. The average molecular weight is 250 g/mol. The molecule has 0 saturated heterocycles. The third kappa shape index (κ3) is 3.21. The maximum absolute atomic E-state index is 7.68. The van der Waals surface area contributed by atoms with Crippen molar-refractivity contribution in [1.29, 1.82) is 5.41 Å². The third-order valence-corrected chi connectivity index (χ3v) is 2.55. The molecule has 0 aliphatic carbocycles. The summed E-state index contributed by atoms with van der Waals surface area (Å²) in [5.41, 5.74) is 1.15. The van der Waals surface area contributed by atoms with Gasteiger partial charge in [0, 0.05) is 6.42 Å². The minimum atomic E-state index is 0.